The minimum Gasteiger partial charge on any atom is -0.393 e. The molecule has 25 heavy (non-hydrogen) atoms. The first-order valence-corrected chi connectivity index (χ1v) is 9.98. The molecule has 4 nitrogen and oxygen atoms in total. The highest BCUT2D eigenvalue weighted by molar-refractivity contribution is 5.17. The van der Waals surface area contributed by atoms with Crippen LogP contribution in [0, 0.1) is 17.3 Å². The van der Waals surface area contributed by atoms with Gasteiger partial charge in [-0.2, -0.15) is 10.2 Å². The average molecular weight is 347 g/mol. The smallest absolute Gasteiger partial charge is 0.0913 e. The molecule has 1 aromatic rings. The molecular weight excluding hydrogens is 312 g/mol. The second-order valence-corrected chi connectivity index (χ2v) is 8.97. The van der Waals surface area contributed by atoms with Crippen molar-refractivity contribution in [3.05, 3.63) is 23.5 Å². The van der Waals surface area contributed by atoms with Crippen molar-refractivity contribution in [2.75, 3.05) is 0 Å². The highest BCUT2D eigenvalue weighted by atomic mass is 16.5. The van der Waals surface area contributed by atoms with Crippen molar-refractivity contribution in [3.63, 3.8) is 0 Å². The van der Waals surface area contributed by atoms with Crippen molar-refractivity contribution in [1.82, 2.24) is 10.2 Å². The molecule has 0 bridgehead atoms. The van der Waals surface area contributed by atoms with E-state index < -0.39 is 0 Å². The van der Waals surface area contributed by atoms with Crippen molar-refractivity contribution in [2.45, 2.75) is 91.0 Å². The summed E-state index contributed by atoms with van der Waals surface area (Å²) in [5.41, 5.74) is 2.41. The van der Waals surface area contributed by atoms with Crippen LogP contribution in [0.3, 0.4) is 0 Å². The normalized spacial score (nSPS) is 29.0. The lowest BCUT2D eigenvalue weighted by atomic mass is 9.68. The van der Waals surface area contributed by atoms with Gasteiger partial charge in [0.2, 0.25) is 0 Å². The van der Waals surface area contributed by atoms with Gasteiger partial charge in [-0.1, -0.05) is 13.3 Å². The number of aryl methyl sites for hydroxylation is 1. The highest BCUT2D eigenvalue weighted by Gasteiger charge is 2.66. The van der Waals surface area contributed by atoms with Gasteiger partial charge in [0.1, 0.15) is 0 Å². The zero-order valence-electron chi connectivity index (χ0n) is 16.3. The molecule has 2 aliphatic rings. The summed E-state index contributed by atoms with van der Waals surface area (Å²) >= 11 is 0. The van der Waals surface area contributed by atoms with E-state index in [4.69, 9.17) is 4.74 Å². The van der Waals surface area contributed by atoms with E-state index in [0.29, 0.717) is 12.0 Å². The summed E-state index contributed by atoms with van der Waals surface area (Å²) in [5.74, 6) is 1.64. The Hall–Kier alpha value is -1.00. The van der Waals surface area contributed by atoms with Crippen molar-refractivity contribution in [3.8, 4) is 0 Å². The van der Waals surface area contributed by atoms with Gasteiger partial charge in [0.05, 0.1) is 29.7 Å². The van der Waals surface area contributed by atoms with Gasteiger partial charge in [-0.05, 0) is 88.7 Å². The third-order valence-corrected chi connectivity index (χ3v) is 6.37. The minimum absolute atomic E-state index is 0.0989. The topological polar surface area (TPSA) is 55.2 Å². The lowest BCUT2D eigenvalue weighted by Crippen LogP contribution is -2.31. The zero-order valence-corrected chi connectivity index (χ0v) is 16.3. The molecule has 0 aromatic carbocycles. The number of aliphatic hydroxyl groups excluding tert-OH is 1. The Bertz CT molecular complexity index is 570. The van der Waals surface area contributed by atoms with Gasteiger partial charge >= 0.3 is 0 Å². The molecule has 0 saturated heterocycles. The quantitative estimate of drug-likeness (QED) is 0.686. The third-order valence-electron chi connectivity index (χ3n) is 6.37. The lowest BCUT2D eigenvalue weighted by Gasteiger charge is -2.37. The third kappa shape index (κ3) is 4.40. The maximum Gasteiger partial charge on any atom is 0.0913 e. The van der Waals surface area contributed by atoms with Gasteiger partial charge in [-0.25, -0.2) is 0 Å². The highest BCUT2D eigenvalue weighted by Crippen LogP contribution is 2.74. The molecule has 3 rings (SSSR count). The van der Waals surface area contributed by atoms with Crippen molar-refractivity contribution in [2.24, 2.45) is 17.3 Å². The van der Waals surface area contributed by atoms with Crippen LogP contribution in [-0.2, 0) is 17.8 Å². The second-order valence-electron chi connectivity index (χ2n) is 8.97. The monoisotopic (exact) mass is 346 g/mol. The van der Waals surface area contributed by atoms with Gasteiger partial charge in [0.15, 0.2) is 0 Å². The van der Waals surface area contributed by atoms with Crippen molar-refractivity contribution >= 4 is 0 Å². The van der Waals surface area contributed by atoms with Crippen molar-refractivity contribution in [1.29, 1.82) is 0 Å². The number of ether oxygens (including phenoxy) is 1. The molecule has 1 aromatic heterocycles. The molecule has 4 unspecified atom stereocenters. The zero-order chi connectivity index (χ0) is 18.1. The number of fused-ring (bicyclic) bond motifs is 1. The summed E-state index contributed by atoms with van der Waals surface area (Å²) in [6.07, 6.45) is 7.85. The number of rotatable bonds is 10. The largest absolute Gasteiger partial charge is 0.393 e. The number of hydrogen-bond acceptors (Lipinski definition) is 4. The molecule has 0 amide bonds. The van der Waals surface area contributed by atoms with Crippen LogP contribution in [0.4, 0.5) is 0 Å². The summed E-state index contributed by atoms with van der Waals surface area (Å²) in [6.45, 7) is 8.88. The maximum atomic E-state index is 9.66. The van der Waals surface area contributed by atoms with Crippen LogP contribution in [0.1, 0.15) is 77.6 Å². The summed E-state index contributed by atoms with van der Waals surface area (Å²) < 4.78 is 5.97. The van der Waals surface area contributed by atoms with E-state index in [9.17, 15) is 5.11 Å². The molecule has 0 radical (unpaired) electrons. The Kier molecular flexibility index (Phi) is 5.50. The molecule has 1 heterocycles. The van der Waals surface area contributed by atoms with Gasteiger partial charge < -0.3 is 9.84 Å². The van der Waals surface area contributed by atoms with Gasteiger partial charge in [0, 0.05) is 0 Å². The molecule has 2 aliphatic carbocycles. The fraction of sp³-hybridized carbons (Fsp3) is 0.810. The van der Waals surface area contributed by atoms with Crippen LogP contribution in [0.25, 0.3) is 0 Å². The summed E-state index contributed by atoms with van der Waals surface area (Å²) in [7, 11) is 0. The van der Waals surface area contributed by atoms with Crippen LogP contribution in [0.5, 0.6) is 0 Å². The Morgan fingerprint density at radius 3 is 2.60 bits per heavy atom. The maximum absolute atomic E-state index is 9.66. The van der Waals surface area contributed by atoms with E-state index >= 15 is 0 Å². The summed E-state index contributed by atoms with van der Waals surface area (Å²) in [5, 5.41) is 18.4. The summed E-state index contributed by atoms with van der Waals surface area (Å²) in [4.78, 5) is 0. The van der Waals surface area contributed by atoms with E-state index in [1.807, 2.05) is 6.92 Å². The van der Waals surface area contributed by atoms with E-state index in [1.54, 1.807) is 0 Å². The predicted octanol–water partition coefficient (Wildman–Crippen LogP) is 4.30. The molecule has 140 valence electrons. The van der Waals surface area contributed by atoms with Crippen LogP contribution >= 0.6 is 0 Å². The number of aliphatic hydroxyl groups is 1. The Morgan fingerprint density at radius 1 is 1.32 bits per heavy atom. The van der Waals surface area contributed by atoms with E-state index in [0.717, 1.165) is 48.9 Å². The first-order valence-electron chi connectivity index (χ1n) is 9.98. The number of aromatic nitrogens is 2. The molecule has 2 fully saturated rings. The van der Waals surface area contributed by atoms with Gasteiger partial charge in [0.25, 0.3) is 0 Å². The van der Waals surface area contributed by atoms with Crippen LogP contribution in [0.2, 0.25) is 0 Å². The Balaban J connectivity index is 1.46. The predicted molar refractivity (Wildman–Crippen MR) is 99.1 cm³/mol. The molecule has 0 aliphatic heterocycles. The number of nitrogens with zero attached hydrogens (tertiary/aromatic N) is 2. The lowest BCUT2D eigenvalue weighted by molar-refractivity contribution is -0.0369. The standard InChI is InChI=1S/C21H34N2O2/c1-5-9-20(3,4)25-14-19-7-6-18(22-23-19)8-10-21-13-17(21)12-16(21)11-15(2)24/h6-7,15-17,24H,5,8-14H2,1-4H3. The molecule has 2 saturated carbocycles. The van der Waals surface area contributed by atoms with Gasteiger partial charge in [-0.3, -0.25) is 0 Å². The minimum atomic E-state index is -0.167. The van der Waals surface area contributed by atoms with Crippen LogP contribution < -0.4 is 0 Å². The van der Waals surface area contributed by atoms with E-state index in [2.05, 4.69) is 43.1 Å². The fourth-order valence-electron chi connectivity index (χ4n) is 4.79. The first-order chi connectivity index (χ1) is 11.8. The second kappa shape index (κ2) is 7.32. The number of hydrogen-bond donors (Lipinski definition) is 1. The van der Waals surface area contributed by atoms with Crippen LogP contribution in [0.15, 0.2) is 12.1 Å². The van der Waals surface area contributed by atoms with Crippen molar-refractivity contribution < 1.29 is 9.84 Å². The molecule has 4 heteroatoms. The van der Waals surface area contributed by atoms with E-state index in [-0.39, 0.29) is 11.7 Å². The Labute approximate surface area is 152 Å². The molecule has 4 atom stereocenters. The fourth-order valence-corrected chi connectivity index (χ4v) is 4.79. The Morgan fingerprint density at radius 2 is 2.04 bits per heavy atom. The van der Waals surface area contributed by atoms with E-state index in [1.165, 1.54) is 19.3 Å². The van der Waals surface area contributed by atoms with Crippen LogP contribution in [-0.4, -0.2) is 27.0 Å². The molecule has 0 spiro atoms. The molecule has 1 N–H and O–H groups in total. The average Bonchev–Trinajstić information content (AvgIpc) is 3.14. The SMILES string of the molecule is CCCC(C)(C)OCc1ccc(CCC23CC2CC3CC(C)O)nn1. The molecular formula is C21H34N2O2. The first kappa shape index (κ1) is 18.8. The summed E-state index contributed by atoms with van der Waals surface area (Å²) in [6, 6.07) is 4.16. The van der Waals surface area contributed by atoms with Gasteiger partial charge in [-0.15, -0.1) is 0 Å².